The minimum atomic E-state index is 0.0135. The maximum atomic E-state index is 12.1. The van der Waals surface area contributed by atoms with E-state index in [0.717, 1.165) is 16.9 Å². The Morgan fingerprint density at radius 1 is 1.50 bits per heavy atom. The van der Waals surface area contributed by atoms with E-state index in [9.17, 15) is 4.79 Å². The molecule has 0 unspecified atom stereocenters. The number of hydrogen-bond donors (Lipinski definition) is 1. The van der Waals surface area contributed by atoms with Crippen LogP contribution in [0.4, 0.5) is 0 Å². The summed E-state index contributed by atoms with van der Waals surface area (Å²) in [6.45, 7) is 4.53. The molecule has 2 rings (SSSR count). The molecule has 4 nitrogen and oxygen atoms in total. The number of imidazole rings is 1. The number of para-hydroxylation sites is 1. The molecule has 0 aliphatic carbocycles. The lowest BCUT2D eigenvalue weighted by atomic mass is 10.1. The Morgan fingerprint density at radius 3 is 2.94 bits per heavy atom. The highest BCUT2D eigenvalue weighted by molar-refractivity contribution is 6.04. The van der Waals surface area contributed by atoms with Gasteiger partial charge in [-0.15, -0.1) is 0 Å². The Kier molecular flexibility index (Phi) is 2.64. The van der Waals surface area contributed by atoms with Crippen molar-refractivity contribution in [3.63, 3.8) is 0 Å². The van der Waals surface area contributed by atoms with E-state index in [0.29, 0.717) is 12.1 Å². The number of aryl methyl sites for hydroxylation is 1. The van der Waals surface area contributed by atoms with Gasteiger partial charge in [0.05, 0.1) is 11.1 Å². The first-order chi connectivity index (χ1) is 7.63. The molecule has 0 saturated heterocycles. The van der Waals surface area contributed by atoms with Crippen LogP contribution in [-0.2, 0) is 0 Å². The molecule has 0 radical (unpaired) electrons. The fraction of sp³-hybridized carbons (Fsp3) is 0.333. The molecule has 1 amide bonds. The largest absolute Gasteiger partial charge is 0.342 e. The van der Waals surface area contributed by atoms with Crippen molar-refractivity contribution in [1.29, 1.82) is 0 Å². The van der Waals surface area contributed by atoms with Crippen LogP contribution < -0.4 is 0 Å². The second-order valence-corrected chi connectivity index (χ2v) is 3.84. The van der Waals surface area contributed by atoms with Crippen LogP contribution in [0, 0.1) is 6.92 Å². The number of H-pyrrole nitrogens is 1. The molecule has 84 valence electrons. The molecular weight excluding hydrogens is 202 g/mol. The lowest BCUT2D eigenvalue weighted by Gasteiger charge is -2.14. The number of carbonyl (C=O) groups is 1. The molecule has 1 heterocycles. The number of nitrogens with one attached hydrogen (secondary N) is 1. The van der Waals surface area contributed by atoms with Crippen molar-refractivity contribution in [3.8, 4) is 0 Å². The van der Waals surface area contributed by atoms with Crippen molar-refractivity contribution in [2.45, 2.75) is 13.8 Å². The van der Waals surface area contributed by atoms with Crippen molar-refractivity contribution in [2.24, 2.45) is 0 Å². The third-order valence-electron chi connectivity index (χ3n) is 2.68. The van der Waals surface area contributed by atoms with Crippen LogP contribution >= 0.6 is 0 Å². The highest BCUT2D eigenvalue weighted by Crippen LogP contribution is 2.17. The van der Waals surface area contributed by atoms with Gasteiger partial charge in [-0.3, -0.25) is 4.79 Å². The summed E-state index contributed by atoms with van der Waals surface area (Å²) < 4.78 is 0. The van der Waals surface area contributed by atoms with Crippen molar-refractivity contribution < 1.29 is 4.79 Å². The SMILES string of the molecule is CCN(C)C(=O)c1cccc2[nH]c(C)nc12. The molecule has 0 saturated carbocycles. The maximum Gasteiger partial charge on any atom is 0.255 e. The maximum absolute atomic E-state index is 12.1. The number of rotatable bonds is 2. The number of fused-ring (bicyclic) bond motifs is 1. The summed E-state index contributed by atoms with van der Waals surface area (Å²) in [7, 11) is 1.79. The summed E-state index contributed by atoms with van der Waals surface area (Å²) in [5, 5.41) is 0. The average molecular weight is 217 g/mol. The predicted molar refractivity (Wildman–Crippen MR) is 63.5 cm³/mol. The van der Waals surface area contributed by atoms with E-state index in [1.807, 2.05) is 32.0 Å². The minimum absolute atomic E-state index is 0.0135. The molecule has 0 atom stereocenters. The van der Waals surface area contributed by atoms with Gasteiger partial charge in [-0.2, -0.15) is 0 Å². The number of nitrogens with zero attached hydrogens (tertiary/aromatic N) is 2. The van der Waals surface area contributed by atoms with Crippen LogP contribution in [0.25, 0.3) is 11.0 Å². The number of carbonyl (C=O) groups excluding carboxylic acids is 1. The summed E-state index contributed by atoms with van der Waals surface area (Å²) >= 11 is 0. The monoisotopic (exact) mass is 217 g/mol. The van der Waals surface area contributed by atoms with E-state index in [-0.39, 0.29) is 5.91 Å². The van der Waals surface area contributed by atoms with E-state index in [1.54, 1.807) is 11.9 Å². The summed E-state index contributed by atoms with van der Waals surface area (Å²) in [6, 6.07) is 5.62. The van der Waals surface area contributed by atoms with Crippen molar-refractivity contribution >= 4 is 16.9 Å². The van der Waals surface area contributed by atoms with Gasteiger partial charge in [-0.05, 0) is 26.0 Å². The zero-order valence-corrected chi connectivity index (χ0v) is 9.74. The topological polar surface area (TPSA) is 49.0 Å². The molecule has 0 bridgehead atoms. The molecule has 4 heteroatoms. The Bertz CT molecular complexity index is 530. The second kappa shape index (κ2) is 3.96. The Labute approximate surface area is 94.3 Å². The molecule has 1 aromatic carbocycles. The number of aromatic amines is 1. The summed E-state index contributed by atoms with van der Waals surface area (Å²) in [6.07, 6.45) is 0. The van der Waals surface area contributed by atoms with Crippen molar-refractivity contribution in [2.75, 3.05) is 13.6 Å². The van der Waals surface area contributed by atoms with Crippen LogP contribution in [0.1, 0.15) is 23.1 Å². The standard InChI is InChI=1S/C12H15N3O/c1-4-15(3)12(16)9-6-5-7-10-11(9)14-8(2)13-10/h5-7H,4H2,1-3H3,(H,13,14). The molecule has 2 aromatic rings. The van der Waals surface area contributed by atoms with Gasteiger partial charge >= 0.3 is 0 Å². The highest BCUT2D eigenvalue weighted by Gasteiger charge is 2.15. The van der Waals surface area contributed by atoms with Gasteiger partial charge < -0.3 is 9.88 Å². The number of benzene rings is 1. The van der Waals surface area contributed by atoms with Crippen molar-refractivity contribution in [3.05, 3.63) is 29.6 Å². The number of hydrogen-bond acceptors (Lipinski definition) is 2. The molecular formula is C12H15N3O. The summed E-state index contributed by atoms with van der Waals surface area (Å²) in [5.41, 5.74) is 2.32. The third-order valence-corrected chi connectivity index (χ3v) is 2.68. The summed E-state index contributed by atoms with van der Waals surface area (Å²) in [5.74, 6) is 0.842. The van der Waals surface area contributed by atoms with Gasteiger partial charge in [0, 0.05) is 13.6 Å². The lowest BCUT2D eigenvalue weighted by molar-refractivity contribution is 0.0804. The van der Waals surface area contributed by atoms with Gasteiger partial charge in [0.25, 0.3) is 5.91 Å². The first kappa shape index (κ1) is 10.7. The predicted octanol–water partition coefficient (Wildman–Crippen LogP) is 1.96. The van der Waals surface area contributed by atoms with Gasteiger partial charge in [0.1, 0.15) is 11.3 Å². The fourth-order valence-electron chi connectivity index (χ4n) is 1.68. The second-order valence-electron chi connectivity index (χ2n) is 3.84. The first-order valence-corrected chi connectivity index (χ1v) is 5.34. The molecule has 0 aliphatic rings. The first-order valence-electron chi connectivity index (χ1n) is 5.34. The Hall–Kier alpha value is -1.84. The molecule has 0 aliphatic heterocycles. The molecule has 1 N–H and O–H groups in total. The van der Waals surface area contributed by atoms with E-state index in [4.69, 9.17) is 0 Å². The zero-order chi connectivity index (χ0) is 11.7. The normalized spacial score (nSPS) is 10.7. The highest BCUT2D eigenvalue weighted by atomic mass is 16.2. The lowest BCUT2D eigenvalue weighted by Crippen LogP contribution is -2.26. The quantitative estimate of drug-likeness (QED) is 0.836. The fourth-order valence-corrected chi connectivity index (χ4v) is 1.68. The number of amides is 1. The molecule has 16 heavy (non-hydrogen) atoms. The molecule has 0 spiro atoms. The summed E-state index contributed by atoms with van der Waals surface area (Å²) in [4.78, 5) is 21.2. The van der Waals surface area contributed by atoms with Gasteiger partial charge in [-0.25, -0.2) is 4.98 Å². The van der Waals surface area contributed by atoms with Crippen LogP contribution in [0.3, 0.4) is 0 Å². The van der Waals surface area contributed by atoms with Crippen LogP contribution in [0.2, 0.25) is 0 Å². The molecule has 1 aromatic heterocycles. The Morgan fingerprint density at radius 2 is 2.25 bits per heavy atom. The molecule has 0 fully saturated rings. The van der Waals surface area contributed by atoms with E-state index in [1.165, 1.54) is 0 Å². The van der Waals surface area contributed by atoms with Crippen LogP contribution in [-0.4, -0.2) is 34.4 Å². The average Bonchev–Trinajstić information content (AvgIpc) is 2.66. The van der Waals surface area contributed by atoms with Gasteiger partial charge in [-0.1, -0.05) is 6.07 Å². The van der Waals surface area contributed by atoms with Crippen molar-refractivity contribution in [1.82, 2.24) is 14.9 Å². The van der Waals surface area contributed by atoms with Crippen LogP contribution in [0.5, 0.6) is 0 Å². The Balaban J connectivity index is 2.55. The van der Waals surface area contributed by atoms with E-state index in [2.05, 4.69) is 9.97 Å². The number of aromatic nitrogens is 2. The zero-order valence-electron chi connectivity index (χ0n) is 9.74. The smallest absolute Gasteiger partial charge is 0.255 e. The van der Waals surface area contributed by atoms with Crippen LogP contribution in [0.15, 0.2) is 18.2 Å². The van der Waals surface area contributed by atoms with E-state index < -0.39 is 0 Å². The minimum Gasteiger partial charge on any atom is -0.342 e. The third kappa shape index (κ3) is 1.66. The van der Waals surface area contributed by atoms with Gasteiger partial charge in [0.15, 0.2) is 0 Å². The van der Waals surface area contributed by atoms with E-state index >= 15 is 0 Å². The van der Waals surface area contributed by atoms with Gasteiger partial charge in [0.2, 0.25) is 0 Å².